The van der Waals surface area contributed by atoms with Gasteiger partial charge in [0.05, 0.1) is 10.8 Å². The van der Waals surface area contributed by atoms with E-state index in [1.54, 1.807) is 13.8 Å². The molecule has 0 bridgehead atoms. The topological polar surface area (TPSA) is 73.8 Å². The summed E-state index contributed by atoms with van der Waals surface area (Å²) in [6.45, 7) is 8.94. The van der Waals surface area contributed by atoms with Gasteiger partial charge in [-0.2, -0.15) is 4.31 Å². The Hall–Kier alpha value is -2.19. The van der Waals surface area contributed by atoms with Crippen molar-refractivity contribution in [2.24, 2.45) is 5.92 Å². The van der Waals surface area contributed by atoms with Gasteiger partial charge in [-0.1, -0.05) is 11.6 Å². The number of rotatable bonds is 4. The van der Waals surface area contributed by atoms with E-state index in [4.69, 9.17) is 0 Å². The molecule has 0 atom stereocenters. The smallest absolute Gasteiger partial charge is 0.225 e. The van der Waals surface area contributed by atoms with Crippen LogP contribution >= 0.6 is 0 Å². The van der Waals surface area contributed by atoms with Crippen LogP contribution in [0.25, 0.3) is 10.9 Å². The molecule has 7 nitrogen and oxygen atoms in total. The lowest BCUT2D eigenvalue weighted by Crippen LogP contribution is -2.53. The zero-order valence-electron chi connectivity index (χ0n) is 18.6. The number of amides is 1. The quantitative estimate of drug-likeness (QED) is 0.725. The Morgan fingerprint density at radius 3 is 2.35 bits per heavy atom. The number of benzene rings is 1. The maximum absolute atomic E-state index is 13.1. The van der Waals surface area contributed by atoms with Crippen molar-refractivity contribution in [3.05, 3.63) is 36.0 Å². The van der Waals surface area contributed by atoms with E-state index in [2.05, 4.69) is 41.1 Å². The number of carbonyl (C=O) groups excluding carboxylic acids is 1. The molecule has 2 aliphatic rings. The number of fused-ring (bicyclic) bond motifs is 1. The highest BCUT2D eigenvalue weighted by molar-refractivity contribution is 7.89. The van der Waals surface area contributed by atoms with Crippen molar-refractivity contribution < 1.29 is 13.2 Å². The van der Waals surface area contributed by atoms with Gasteiger partial charge in [0.2, 0.25) is 15.9 Å². The molecule has 0 N–H and O–H groups in total. The molecule has 2 aromatic rings. The SMILES string of the molecule is Cc1ccc2nccc(N3CCC(C(=O)N4CCN(S(=O)(=O)C(C)C)CC4)CC3)c2c1. The lowest BCUT2D eigenvalue weighted by molar-refractivity contribution is -0.137. The highest BCUT2D eigenvalue weighted by Crippen LogP contribution is 2.30. The van der Waals surface area contributed by atoms with Gasteiger partial charge in [-0.05, 0) is 51.8 Å². The third-order valence-electron chi connectivity index (χ3n) is 6.56. The summed E-state index contributed by atoms with van der Waals surface area (Å²) >= 11 is 0. The molecular formula is C23H32N4O3S. The maximum Gasteiger partial charge on any atom is 0.225 e. The molecule has 0 saturated carbocycles. The van der Waals surface area contributed by atoms with Gasteiger partial charge in [-0.15, -0.1) is 0 Å². The number of piperidine rings is 1. The third kappa shape index (κ3) is 4.41. The van der Waals surface area contributed by atoms with E-state index in [-0.39, 0.29) is 11.8 Å². The van der Waals surface area contributed by atoms with Crippen LogP contribution in [0, 0.1) is 12.8 Å². The predicted molar refractivity (Wildman–Crippen MR) is 124 cm³/mol. The van der Waals surface area contributed by atoms with Gasteiger partial charge in [0.15, 0.2) is 0 Å². The number of aromatic nitrogens is 1. The number of piperazine rings is 1. The summed E-state index contributed by atoms with van der Waals surface area (Å²) < 4.78 is 26.3. The fourth-order valence-electron chi connectivity index (χ4n) is 4.61. The molecule has 2 fully saturated rings. The molecular weight excluding hydrogens is 412 g/mol. The predicted octanol–water partition coefficient (Wildman–Crippen LogP) is 2.64. The molecule has 31 heavy (non-hydrogen) atoms. The first-order valence-electron chi connectivity index (χ1n) is 11.2. The zero-order chi connectivity index (χ0) is 22.2. The Kier molecular flexibility index (Phi) is 6.21. The summed E-state index contributed by atoms with van der Waals surface area (Å²) in [6, 6.07) is 8.39. The lowest BCUT2D eigenvalue weighted by atomic mass is 9.94. The van der Waals surface area contributed by atoms with Crippen molar-refractivity contribution in [2.45, 2.75) is 38.9 Å². The number of nitrogens with zero attached hydrogens (tertiary/aromatic N) is 4. The summed E-state index contributed by atoms with van der Waals surface area (Å²) in [5.74, 6) is 0.191. The van der Waals surface area contributed by atoms with Crippen LogP contribution in [0.4, 0.5) is 5.69 Å². The average Bonchev–Trinajstić information content (AvgIpc) is 2.78. The van der Waals surface area contributed by atoms with E-state index in [0.29, 0.717) is 26.2 Å². The molecule has 3 heterocycles. The van der Waals surface area contributed by atoms with E-state index >= 15 is 0 Å². The van der Waals surface area contributed by atoms with E-state index in [0.717, 1.165) is 36.8 Å². The highest BCUT2D eigenvalue weighted by atomic mass is 32.2. The van der Waals surface area contributed by atoms with E-state index in [1.165, 1.54) is 15.6 Å². The number of sulfonamides is 1. The van der Waals surface area contributed by atoms with Crippen LogP contribution in [-0.4, -0.2) is 73.0 Å². The van der Waals surface area contributed by atoms with Gasteiger partial charge in [-0.25, -0.2) is 8.42 Å². The molecule has 1 aromatic heterocycles. The van der Waals surface area contributed by atoms with Crippen molar-refractivity contribution in [2.75, 3.05) is 44.2 Å². The van der Waals surface area contributed by atoms with E-state index in [9.17, 15) is 13.2 Å². The highest BCUT2D eigenvalue weighted by Gasteiger charge is 2.34. The van der Waals surface area contributed by atoms with Gasteiger partial charge in [-0.3, -0.25) is 9.78 Å². The molecule has 1 aromatic carbocycles. The largest absolute Gasteiger partial charge is 0.371 e. The molecule has 0 aliphatic carbocycles. The van der Waals surface area contributed by atoms with E-state index in [1.807, 2.05) is 11.1 Å². The van der Waals surface area contributed by atoms with Crippen LogP contribution in [0.2, 0.25) is 0 Å². The van der Waals surface area contributed by atoms with Crippen molar-refractivity contribution >= 4 is 32.5 Å². The normalized spacial score (nSPS) is 19.4. The van der Waals surface area contributed by atoms with Crippen LogP contribution < -0.4 is 4.90 Å². The molecule has 0 unspecified atom stereocenters. The van der Waals surface area contributed by atoms with Crippen LogP contribution in [-0.2, 0) is 14.8 Å². The third-order valence-corrected chi connectivity index (χ3v) is 8.84. The second-order valence-electron chi connectivity index (χ2n) is 8.93. The van der Waals surface area contributed by atoms with Crippen LogP contribution in [0.3, 0.4) is 0 Å². The van der Waals surface area contributed by atoms with Gasteiger partial charge >= 0.3 is 0 Å². The van der Waals surface area contributed by atoms with Crippen molar-refractivity contribution in [3.63, 3.8) is 0 Å². The van der Waals surface area contributed by atoms with Gasteiger partial charge in [0.25, 0.3) is 0 Å². The number of hydrogen-bond donors (Lipinski definition) is 0. The molecule has 8 heteroatoms. The second kappa shape index (κ2) is 8.74. The molecule has 4 rings (SSSR count). The Morgan fingerprint density at radius 1 is 1.03 bits per heavy atom. The van der Waals surface area contributed by atoms with Crippen LogP contribution in [0.1, 0.15) is 32.3 Å². The number of pyridine rings is 1. The van der Waals surface area contributed by atoms with Gasteiger partial charge in [0, 0.05) is 62.5 Å². The van der Waals surface area contributed by atoms with Crippen molar-refractivity contribution in [3.8, 4) is 0 Å². The molecule has 2 saturated heterocycles. The van der Waals surface area contributed by atoms with Crippen LogP contribution in [0.5, 0.6) is 0 Å². The Balaban J connectivity index is 1.37. The number of aryl methyl sites for hydroxylation is 1. The monoisotopic (exact) mass is 444 g/mol. The second-order valence-corrected chi connectivity index (χ2v) is 11.4. The molecule has 0 spiro atoms. The summed E-state index contributed by atoms with van der Waals surface area (Å²) in [5, 5.41) is 0.738. The van der Waals surface area contributed by atoms with Crippen molar-refractivity contribution in [1.29, 1.82) is 0 Å². The van der Waals surface area contributed by atoms with E-state index < -0.39 is 15.3 Å². The molecule has 0 radical (unpaired) electrons. The Bertz CT molecular complexity index is 1050. The minimum absolute atomic E-state index is 0.0133. The summed E-state index contributed by atoms with van der Waals surface area (Å²) in [4.78, 5) is 21.8. The lowest BCUT2D eigenvalue weighted by Gasteiger charge is -2.39. The molecule has 2 aliphatic heterocycles. The molecule has 168 valence electrons. The Labute approximate surface area is 185 Å². The van der Waals surface area contributed by atoms with Gasteiger partial charge in [0.1, 0.15) is 0 Å². The Morgan fingerprint density at radius 2 is 1.71 bits per heavy atom. The van der Waals surface area contributed by atoms with Crippen molar-refractivity contribution in [1.82, 2.24) is 14.2 Å². The van der Waals surface area contributed by atoms with Crippen LogP contribution in [0.15, 0.2) is 30.5 Å². The molecule has 1 amide bonds. The summed E-state index contributed by atoms with van der Waals surface area (Å²) in [5.41, 5.74) is 3.40. The zero-order valence-corrected chi connectivity index (χ0v) is 19.4. The summed E-state index contributed by atoms with van der Waals surface area (Å²) in [6.07, 6.45) is 3.49. The first-order valence-corrected chi connectivity index (χ1v) is 12.7. The number of hydrogen-bond acceptors (Lipinski definition) is 5. The van der Waals surface area contributed by atoms with Gasteiger partial charge < -0.3 is 9.80 Å². The minimum atomic E-state index is -3.25. The number of carbonyl (C=O) groups is 1. The first kappa shape index (κ1) is 22.0. The maximum atomic E-state index is 13.1. The minimum Gasteiger partial charge on any atom is -0.371 e. The standard InChI is InChI=1S/C23H32N4O3S/c1-17(2)31(29,30)27-14-12-26(13-15-27)23(28)19-7-10-25(11-8-19)22-6-9-24-21-5-4-18(3)16-20(21)22/h4-6,9,16-17,19H,7-8,10-15H2,1-3H3. The summed E-state index contributed by atoms with van der Waals surface area (Å²) in [7, 11) is -3.25. The number of anilines is 1. The fourth-order valence-corrected chi connectivity index (χ4v) is 5.88. The first-order chi connectivity index (χ1) is 14.8. The average molecular weight is 445 g/mol. The fraction of sp³-hybridized carbons (Fsp3) is 0.565.